The van der Waals surface area contributed by atoms with Crippen LogP contribution in [-0.4, -0.2) is 25.8 Å². The lowest BCUT2D eigenvalue weighted by atomic mass is 9.68. The molecule has 0 bridgehead atoms. The van der Waals surface area contributed by atoms with Crippen molar-refractivity contribution in [2.45, 2.75) is 45.8 Å². The standard InChI is InChI=1S/C14H22O3/c1-13(2)5-9-4-11(15)10-7-17-12(16-3)6-14(9,10)8-13/h9-10,12H,4-8H2,1-3H3/t9-,10+,12?,14+/m1/s1. The molecule has 3 aliphatic rings. The fourth-order valence-electron chi connectivity index (χ4n) is 4.73. The maximum absolute atomic E-state index is 12.1. The Labute approximate surface area is 103 Å². The summed E-state index contributed by atoms with van der Waals surface area (Å²) in [6, 6.07) is 0. The molecule has 0 aromatic carbocycles. The van der Waals surface area contributed by atoms with Crippen molar-refractivity contribution in [2.75, 3.05) is 13.7 Å². The maximum atomic E-state index is 12.1. The van der Waals surface area contributed by atoms with Gasteiger partial charge in [0.2, 0.25) is 0 Å². The molecule has 1 spiro atoms. The van der Waals surface area contributed by atoms with Crippen molar-refractivity contribution in [2.24, 2.45) is 22.7 Å². The molecule has 2 aliphatic carbocycles. The zero-order chi connectivity index (χ0) is 12.3. The fraction of sp³-hybridized carbons (Fsp3) is 0.929. The molecule has 0 aromatic heterocycles. The maximum Gasteiger partial charge on any atom is 0.157 e. The topological polar surface area (TPSA) is 35.5 Å². The molecule has 0 N–H and O–H groups in total. The predicted molar refractivity (Wildman–Crippen MR) is 63.4 cm³/mol. The van der Waals surface area contributed by atoms with Crippen molar-refractivity contribution in [3.63, 3.8) is 0 Å². The zero-order valence-corrected chi connectivity index (χ0v) is 11.0. The number of carbonyl (C=O) groups excluding carboxylic acids is 1. The van der Waals surface area contributed by atoms with Crippen molar-refractivity contribution in [3.8, 4) is 0 Å². The van der Waals surface area contributed by atoms with Crippen molar-refractivity contribution in [1.29, 1.82) is 0 Å². The van der Waals surface area contributed by atoms with Crippen LogP contribution in [0.4, 0.5) is 0 Å². The van der Waals surface area contributed by atoms with E-state index in [-0.39, 0.29) is 17.6 Å². The molecule has 1 heterocycles. The van der Waals surface area contributed by atoms with Crippen LogP contribution in [0.25, 0.3) is 0 Å². The van der Waals surface area contributed by atoms with Crippen LogP contribution in [0.5, 0.6) is 0 Å². The highest BCUT2D eigenvalue weighted by molar-refractivity contribution is 5.85. The molecule has 0 amide bonds. The molecule has 4 atom stereocenters. The van der Waals surface area contributed by atoms with Gasteiger partial charge in [-0.25, -0.2) is 0 Å². The number of rotatable bonds is 1. The first kappa shape index (κ1) is 11.7. The van der Waals surface area contributed by atoms with Crippen LogP contribution in [0.2, 0.25) is 0 Å². The summed E-state index contributed by atoms with van der Waals surface area (Å²) < 4.78 is 11.0. The average molecular weight is 238 g/mol. The fourth-order valence-corrected chi connectivity index (χ4v) is 4.73. The Bertz CT molecular complexity index is 349. The molecule has 3 nitrogen and oxygen atoms in total. The van der Waals surface area contributed by atoms with E-state index in [9.17, 15) is 4.79 Å². The van der Waals surface area contributed by atoms with E-state index in [1.807, 2.05) is 0 Å². The molecular formula is C14H22O3. The van der Waals surface area contributed by atoms with Crippen molar-refractivity contribution < 1.29 is 14.3 Å². The molecule has 96 valence electrons. The Morgan fingerprint density at radius 3 is 2.82 bits per heavy atom. The lowest BCUT2D eigenvalue weighted by Crippen LogP contribution is -2.44. The van der Waals surface area contributed by atoms with Gasteiger partial charge in [0.05, 0.1) is 6.61 Å². The van der Waals surface area contributed by atoms with Crippen LogP contribution in [-0.2, 0) is 14.3 Å². The smallest absolute Gasteiger partial charge is 0.157 e. The number of methoxy groups -OCH3 is 1. The molecule has 1 aliphatic heterocycles. The third-order valence-corrected chi connectivity index (χ3v) is 5.21. The summed E-state index contributed by atoms with van der Waals surface area (Å²) >= 11 is 0. The molecule has 3 rings (SSSR count). The van der Waals surface area contributed by atoms with Gasteiger partial charge >= 0.3 is 0 Å². The first-order valence-electron chi connectivity index (χ1n) is 6.64. The van der Waals surface area contributed by atoms with Gasteiger partial charge < -0.3 is 9.47 Å². The zero-order valence-electron chi connectivity index (χ0n) is 11.0. The van der Waals surface area contributed by atoms with Gasteiger partial charge in [-0.15, -0.1) is 0 Å². The summed E-state index contributed by atoms with van der Waals surface area (Å²) in [5.41, 5.74) is 0.554. The van der Waals surface area contributed by atoms with E-state index in [0.717, 1.165) is 19.3 Å². The summed E-state index contributed by atoms with van der Waals surface area (Å²) in [6.07, 6.45) is 3.92. The monoisotopic (exact) mass is 238 g/mol. The SMILES string of the molecule is COC1C[C@]23CC(C)(C)C[C@H]2CC(=O)[C@@H]3CO1. The summed E-state index contributed by atoms with van der Waals surface area (Å²) in [6.45, 7) is 5.24. The van der Waals surface area contributed by atoms with E-state index in [1.54, 1.807) is 7.11 Å². The van der Waals surface area contributed by atoms with Crippen molar-refractivity contribution >= 4 is 5.78 Å². The first-order chi connectivity index (χ1) is 7.97. The first-order valence-corrected chi connectivity index (χ1v) is 6.64. The number of hydrogen-bond acceptors (Lipinski definition) is 3. The third-order valence-electron chi connectivity index (χ3n) is 5.21. The number of ether oxygens (including phenoxy) is 2. The third kappa shape index (κ3) is 1.59. The summed E-state index contributed by atoms with van der Waals surface area (Å²) in [4.78, 5) is 12.1. The van der Waals surface area contributed by atoms with E-state index < -0.39 is 0 Å². The van der Waals surface area contributed by atoms with Gasteiger partial charge in [-0.1, -0.05) is 13.8 Å². The molecule has 1 unspecified atom stereocenters. The predicted octanol–water partition coefficient (Wildman–Crippen LogP) is 2.39. The Hall–Kier alpha value is -0.410. The van der Waals surface area contributed by atoms with Gasteiger partial charge in [0.15, 0.2) is 6.29 Å². The minimum Gasteiger partial charge on any atom is -0.356 e. The minimum absolute atomic E-state index is 0.103. The van der Waals surface area contributed by atoms with E-state index >= 15 is 0 Å². The van der Waals surface area contributed by atoms with E-state index in [2.05, 4.69) is 13.8 Å². The van der Waals surface area contributed by atoms with E-state index in [0.29, 0.717) is 23.7 Å². The molecule has 3 heteroatoms. The van der Waals surface area contributed by atoms with Gasteiger partial charge in [0, 0.05) is 25.9 Å². The second-order valence-electron chi connectivity index (χ2n) is 6.90. The molecule has 0 aromatic rings. The van der Waals surface area contributed by atoms with Gasteiger partial charge in [-0.2, -0.15) is 0 Å². The van der Waals surface area contributed by atoms with Crippen LogP contribution >= 0.6 is 0 Å². The van der Waals surface area contributed by atoms with Crippen LogP contribution in [0.3, 0.4) is 0 Å². The highest BCUT2D eigenvalue weighted by atomic mass is 16.7. The van der Waals surface area contributed by atoms with Gasteiger partial charge in [-0.3, -0.25) is 4.79 Å². The van der Waals surface area contributed by atoms with Gasteiger partial charge in [0.1, 0.15) is 5.78 Å². The molecule has 0 radical (unpaired) electrons. The Morgan fingerprint density at radius 2 is 2.12 bits per heavy atom. The highest BCUT2D eigenvalue weighted by Crippen LogP contribution is 2.65. The van der Waals surface area contributed by atoms with Crippen molar-refractivity contribution in [1.82, 2.24) is 0 Å². The number of hydrogen-bond donors (Lipinski definition) is 0. The molecular weight excluding hydrogens is 216 g/mol. The summed E-state index contributed by atoms with van der Waals surface area (Å²) in [7, 11) is 1.70. The molecule has 2 saturated carbocycles. The van der Waals surface area contributed by atoms with E-state index in [4.69, 9.17) is 9.47 Å². The van der Waals surface area contributed by atoms with Crippen LogP contribution in [0.1, 0.15) is 39.5 Å². The molecule has 3 fully saturated rings. The van der Waals surface area contributed by atoms with Gasteiger partial charge in [0.25, 0.3) is 0 Å². The highest BCUT2D eigenvalue weighted by Gasteiger charge is 2.63. The molecule has 17 heavy (non-hydrogen) atoms. The normalized spacial score (nSPS) is 47.9. The van der Waals surface area contributed by atoms with Crippen LogP contribution in [0, 0.1) is 22.7 Å². The van der Waals surface area contributed by atoms with E-state index in [1.165, 1.54) is 6.42 Å². The number of Topliss-reactive ketones (excluding diaryl/α,β-unsaturated/α-hetero) is 1. The quantitative estimate of drug-likeness (QED) is 0.703. The summed E-state index contributed by atoms with van der Waals surface area (Å²) in [5.74, 6) is 1.14. The summed E-state index contributed by atoms with van der Waals surface area (Å²) in [5, 5.41) is 0. The second kappa shape index (κ2) is 3.55. The van der Waals surface area contributed by atoms with Crippen LogP contribution in [0.15, 0.2) is 0 Å². The van der Waals surface area contributed by atoms with Gasteiger partial charge in [-0.05, 0) is 29.6 Å². The Morgan fingerprint density at radius 1 is 1.35 bits per heavy atom. The molecule has 1 saturated heterocycles. The lowest BCUT2D eigenvalue weighted by molar-refractivity contribution is -0.199. The average Bonchev–Trinajstić information content (AvgIpc) is 2.62. The second-order valence-corrected chi connectivity index (χ2v) is 6.90. The lowest BCUT2D eigenvalue weighted by Gasteiger charge is -2.42. The number of ketones is 1. The largest absolute Gasteiger partial charge is 0.356 e. The van der Waals surface area contributed by atoms with Crippen LogP contribution < -0.4 is 0 Å². The number of carbonyl (C=O) groups is 1. The Kier molecular flexibility index (Phi) is 2.43. The minimum atomic E-state index is -0.103. The van der Waals surface area contributed by atoms with Crippen molar-refractivity contribution in [3.05, 3.63) is 0 Å². The Balaban J connectivity index is 1.94.